The molecule has 2 rings (SSSR count). The second-order valence-electron chi connectivity index (χ2n) is 3.79. The summed E-state index contributed by atoms with van der Waals surface area (Å²) in [6, 6.07) is 0.307. The van der Waals surface area contributed by atoms with E-state index in [9.17, 15) is 5.11 Å². The van der Waals surface area contributed by atoms with Gasteiger partial charge in [-0.3, -0.25) is 4.90 Å². The predicted octanol–water partition coefficient (Wildman–Crippen LogP) is -0.537. The summed E-state index contributed by atoms with van der Waals surface area (Å²) in [6.45, 7) is 5.35. The van der Waals surface area contributed by atoms with Crippen molar-refractivity contribution >= 4 is 12.4 Å². The van der Waals surface area contributed by atoms with E-state index in [1.807, 2.05) is 0 Å². The molecule has 2 heterocycles. The van der Waals surface area contributed by atoms with Crippen LogP contribution in [0.3, 0.4) is 0 Å². The van der Waals surface area contributed by atoms with E-state index in [-0.39, 0.29) is 18.5 Å². The van der Waals surface area contributed by atoms with Crippen LogP contribution in [0.2, 0.25) is 0 Å². The third kappa shape index (κ3) is 2.81. The lowest BCUT2D eigenvalue weighted by Gasteiger charge is -2.28. The number of nitrogens with zero attached hydrogens (tertiary/aromatic N) is 1. The van der Waals surface area contributed by atoms with E-state index in [2.05, 4.69) is 10.2 Å². The van der Waals surface area contributed by atoms with Gasteiger partial charge < -0.3 is 15.2 Å². The Kier molecular flexibility index (Phi) is 5.12. The molecule has 0 aromatic carbocycles. The highest BCUT2D eigenvalue weighted by molar-refractivity contribution is 5.85. The Bertz CT molecular complexity index is 163. The second-order valence-corrected chi connectivity index (χ2v) is 3.79. The molecule has 0 saturated carbocycles. The van der Waals surface area contributed by atoms with Crippen molar-refractivity contribution in [2.75, 3.05) is 39.4 Å². The van der Waals surface area contributed by atoms with Gasteiger partial charge >= 0.3 is 0 Å². The SMILES string of the molecule is Cl.O[C@@H]1CNC[C@H]1N1CCCOCC1. The largest absolute Gasteiger partial charge is 0.390 e. The summed E-state index contributed by atoms with van der Waals surface area (Å²) in [4.78, 5) is 2.34. The van der Waals surface area contributed by atoms with Crippen LogP contribution in [-0.4, -0.2) is 61.5 Å². The van der Waals surface area contributed by atoms with E-state index >= 15 is 0 Å². The first-order valence-electron chi connectivity index (χ1n) is 5.08. The van der Waals surface area contributed by atoms with Crippen molar-refractivity contribution in [3.63, 3.8) is 0 Å². The number of β-amino-alcohol motifs (C(OH)–C–C–N with tert-alkyl or cyclic N) is 1. The first-order valence-corrected chi connectivity index (χ1v) is 5.08. The summed E-state index contributed by atoms with van der Waals surface area (Å²) in [6.07, 6.45) is 0.890. The van der Waals surface area contributed by atoms with Crippen LogP contribution < -0.4 is 5.32 Å². The third-order valence-electron chi connectivity index (χ3n) is 2.88. The minimum Gasteiger partial charge on any atom is -0.390 e. The summed E-state index contributed by atoms with van der Waals surface area (Å²) in [5.74, 6) is 0. The molecule has 2 fully saturated rings. The Hall–Kier alpha value is 0.130. The van der Waals surface area contributed by atoms with Gasteiger partial charge in [0.2, 0.25) is 0 Å². The molecule has 2 saturated heterocycles. The molecule has 14 heavy (non-hydrogen) atoms. The standard InChI is InChI=1S/C9H18N2O2.ClH/c12-9-7-10-6-8(9)11-2-1-4-13-5-3-11;/h8-10,12H,1-7H2;1H/t8-,9-;/m1./s1. The molecule has 0 aliphatic carbocycles. The van der Waals surface area contributed by atoms with E-state index in [1.54, 1.807) is 0 Å². The first kappa shape index (κ1) is 12.2. The maximum absolute atomic E-state index is 9.69. The maximum Gasteiger partial charge on any atom is 0.0831 e. The molecule has 0 aromatic heterocycles. The lowest BCUT2D eigenvalue weighted by molar-refractivity contribution is 0.0772. The highest BCUT2D eigenvalue weighted by Crippen LogP contribution is 2.11. The number of hydrogen-bond donors (Lipinski definition) is 2. The van der Waals surface area contributed by atoms with Crippen LogP contribution >= 0.6 is 12.4 Å². The second kappa shape index (κ2) is 5.88. The van der Waals surface area contributed by atoms with Crippen LogP contribution in [0.4, 0.5) is 0 Å². The normalized spacial score (nSPS) is 34.9. The minimum absolute atomic E-state index is 0. The number of halogens is 1. The topological polar surface area (TPSA) is 44.7 Å². The number of aliphatic hydroxyl groups is 1. The van der Waals surface area contributed by atoms with Gasteiger partial charge in [0, 0.05) is 38.8 Å². The van der Waals surface area contributed by atoms with Gasteiger partial charge in [-0.1, -0.05) is 0 Å². The van der Waals surface area contributed by atoms with Crippen molar-refractivity contribution in [2.45, 2.75) is 18.6 Å². The van der Waals surface area contributed by atoms with Gasteiger partial charge in [0.05, 0.1) is 12.7 Å². The molecule has 0 bridgehead atoms. The summed E-state index contributed by atoms with van der Waals surface area (Å²) < 4.78 is 5.38. The lowest BCUT2D eigenvalue weighted by atomic mass is 10.2. The molecule has 0 aromatic rings. The molecule has 0 radical (unpaired) electrons. The van der Waals surface area contributed by atoms with Gasteiger partial charge in [0.25, 0.3) is 0 Å². The highest BCUT2D eigenvalue weighted by atomic mass is 35.5. The van der Waals surface area contributed by atoms with Gasteiger partial charge in [-0.2, -0.15) is 0 Å². The van der Waals surface area contributed by atoms with Gasteiger partial charge in [-0.05, 0) is 6.42 Å². The molecule has 2 aliphatic heterocycles. The molecular weight excluding hydrogens is 204 g/mol. The smallest absolute Gasteiger partial charge is 0.0831 e. The van der Waals surface area contributed by atoms with Crippen molar-refractivity contribution in [1.29, 1.82) is 0 Å². The van der Waals surface area contributed by atoms with Gasteiger partial charge in [0.15, 0.2) is 0 Å². The average molecular weight is 223 g/mol. The van der Waals surface area contributed by atoms with Crippen LogP contribution in [0.1, 0.15) is 6.42 Å². The molecule has 4 nitrogen and oxygen atoms in total. The average Bonchev–Trinajstić information content (AvgIpc) is 2.43. The van der Waals surface area contributed by atoms with E-state index in [1.165, 1.54) is 0 Å². The Morgan fingerprint density at radius 3 is 2.79 bits per heavy atom. The zero-order valence-electron chi connectivity index (χ0n) is 8.32. The first-order chi connectivity index (χ1) is 6.38. The fourth-order valence-electron chi connectivity index (χ4n) is 2.12. The summed E-state index contributed by atoms with van der Waals surface area (Å²) >= 11 is 0. The predicted molar refractivity (Wildman–Crippen MR) is 56.9 cm³/mol. The molecule has 5 heteroatoms. The van der Waals surface area contributed by atoms with E-state index in [0.29, 0.717) is 6.04 Å². The Balaban J connectivity index is 0.000000980. The van der Waals surface area contributed by atoms with Crippen LogP contribution in [0.15, 0.2) is 0 Å². The fraction of sp³-hybridized carbons (Fsp3) is 1.00. The zero-order chi connectivity index (χ0) is 9.10. The number of ether oxygens (including phenoxy) is 1. The van der Waals surface area contributed by atoms with E-state index < -0.39 is 0 Å². The minimum atomic E-state index is -0.196. The number of hydrogen-bond acceptors (Lipinski definition) is 4. The van der Waals surface area contributed by atoms with Crippen molar-refractivity contribution in [1.82, 2.24) is 10.2 Å². The fourth-order valence-corrected chi connectivity index (χ4v) is 2.12. The highest BCUT2D eigenvalue weighted by Gasteiger charge is 2.30. The Morgan fingerprint density at radius 2 is 2.07 bits per heavy atom. The third-order valence-corrected chi connectivity index (χ3v) is 2.88. The van der Waals surface area contributed by atoms with Crippen molar-refractivity contribution in [3.8, 4) is 0 Å². The Morgan fingerprint density at radius 1 is 1.21 bits per heavy atom. The summed E-state index contributed by atoms with van der Waals surface area (Å²) in [7, 11) is 0. The van der Waals surface area contributed by atoms with Crippen molar-refractivity contribution in [3.05, 3.63) is 0 Å². The molecule has 2 N–H and O–H groups in total. The number of nitrogens with one attached hydrogen (secondary N) is 1. The van der Waals surface area contributed by atoms with Crippen LogP contribution in [0, 0.1) is 0 Å². The van der Waals surface area contributed by atoms with E-state index in [4.69, 9.17) is 4.74 Å². The van der Waals surface area contributed by atoms with E-state index in [0.717, 1.165) is 45.8 Å². The van der Waals surface area contributed by atoms with Gasteiger partial charge in [-0.15, -0.1) is 12.4 Å². The molecule has 2 atom stereocenters. The molecule has 0 amide bonds. The van der Waals surface area contributed by atoms with Gasteiger partial charge in [0.1, 0.15) is 0 Å². The van der Waals surface area contributed by atoms with Crippen molar-refractivity contribution in [2.24, 2.45) is 0 Å². The zero-order valence-corrected chi connectivity index (χ0v) is 9.13. The quantitative estimate of drug-likeness (QED) is 0.626. The Labute approximate surface area is 91.0 Å². The molecule has 2 aliphatic rings. The summed E-state index contributed by atoms with van der Waals surface area (Å²) in [5.41, 5.74) is 0. The molecular formula is C9H19ClN2O2. The van der Waals surface area contributed by atoms with Crippen LogP contribution in [0.25, 0.3) is 0 Å². The maximum atomic E-state index is 9.69. The number of rotatable bonds is 1. The molecule has 0 unspecified atom stereocenters. The van der Waals surface area contributed by atoms with Crippen LogP contribution in [-0.2, 0) is 4.74 Å². The van der Waals surface area contributed by atoms with Crippen molar-refractivity contribution < 1.29 is 9.84 Å². The molecule has 84 valence electrons. The van der Waals surface area contributed by atoms with Gasteiger partial charge in [-0.25, -0.2) is 0 Å². The molecule has 0 spiro atoms. The van der Waals surface area contributed by atoms with Crippen LogP contribution in [0.5, 0.6) is 0 Å². The number of aliphatic hydroxyl groups excluding tert-OH is 1. The lowest BCUT2D eigenvalue weighted by Crippen LogP contribution is -2.44. The monoisotopic (exact) mass is 222 g/mol. The summed E-state index contributed by atoms with van der Waals surface area (Å²) in [5, 5.41) is 12.9.